The number of hydrogen-bond acceptors (Lipinski definition) is 5. The molecule has 0 saturated carbocycles. The fourth-order valence-corrected chi connectivity index (χ4v) is 5.62. The van der Waals surface area contributed by atoms with E-state index >= 15 is 0 Å². The summed E-state index contributed by atoms with van der Waals surface area (Å²) >= 11 is 6.10. The minimum Gasteiger partial charge on any atom is -0.379 e. The van der Waals surface area contributed by atoms with E-state index in [1.54, 1.807) is 12.1 Å². The number of imidazole rings is 1. The van der Waals surface area contributed by atoms with Gasteiger partial charge in [-0.1, -0.05) is 23.7 Å². The van der Waals surface area contributed by atoms with E-state index in [4.69, 9.17) is 21.3 Å². The van der Waals surface area contributed by atoms with Crippen molar-refractivity contribution in [2.75, 3.05) is 33.4 Å². The monoisotopic (exact) mass is 462 g/mol. The van der Waals surface area contributed by atoms with Crippen molar-refractivity contribution in [3.63, 3.8) is 0 Å². The maximum Gasteiger partial charge on any atom is 0.243 e. The Labute approximate surface area is 188 Å². The Morgan fingerprint density at radius 1 is 1.13 bits per heavy atom. The second-order valence-electron chi connectivity index (χ2n) is 7.74. The van der Waals surface area contributed by atoms with Crippen molar-refractivity contribution < 1.29 is 13.2 Å². The third-order valence-corrected chi connectivity index (χ3v) is 7.61. The Balaban J connectivity index is 1.59. The second-order valence-corrected chi connectivity index (χ2v) is 10.1. The number of benzene rings is 2. The van der Waals surface area contributed by atoms with Gasteiger partial charge >= 0.3 is 0 Å². The molecule has 9 heteroatoms. The summed E-state index contributed by atoms with van der Waals surface area (Å²) in [4.78, 5) is 7.24. The topological polar surface area (TPSA) is 67.7 Å². The van der Waals surface area contributed by atoms with Crippen LogP contribution in [0.4, 0.5) is 0 Å². The molecule has 7 nitrogen and oxygen atoms in total. The summed E-state index contributed by atoms with van der Waals surface area (Å²) in [7, 11) is -1.51. The Bertz CT molecular complexity index is 1170. The van der Waals surface area contributed by atoms with Crippen LogP contribution in [0.25, 0.3) is 11.0 Å². The first-order chi connectivity index (χ1) is 14.9. The van der Waals surface area contributed by atoms with Gasteiger partial charge in [-0.3, -0.25) is 4.90 Å². The zero-order valence-electron chi connectivity index (χ0n) is 17.8. The molecule has 31 heavy (non-hydrogen) atoms. The molecule has 2 aromatic carbocycles. The summed E-state index contributed by atoms with van der Waals surface area (Å²) < 4.78 is 34.9. The van der Waals surface area contributed by atoms with Gasteiger partial charge in [0.15, 0.2) is 0 Å². The zero-order chi connectivity index (χ0) is 22.0. The summed E-state index contributed by atoms with van der Waals surface area (Å²) in [6, 6.07) is 13.1. The quantitative estimate of drug-likeness (QED) is 0.538. The molecule has 1 aromatic heterocycles. The summed E-state index contributed by atoms with van der Waals surface area (Å²) in [6.07, 6.45) is 0. The lowest BCUT2D eigenvalue weighted by Gasteiger charge is -2.26. The molecule has 0 unspecified atom stereocenters. The standard InChI is InChI=1S/C22H27ClN4O3S/c1-3-27-21-8-7-19(31(28,29)26-9-11-30-12-10-26)14-20(21)24-22(27)16-25(2)15-17-5-4-6-18(23)13-17/h4-8,13-14H,3,9-12,15-16H2,1-2H3. The number of sulfonamides is 1. The van der Waals surface area contributed by atoms with E-state index in [0.29, 0.717) is 38.4 Å². The van der Waals surface area contributed by atoms with Crippen LogP contribution < -0.4 is 0 Å². The second kappa shape index (κ2) is 9.26. The number of hydrogen-bond donors (Lipinski definition) is 0. The molecule has 4 rings (SSSR count). The molecule has 0 bridgehead atoms. The normalized spacial score (nSPS) is 15.7. The van der Waals surface area contributed by atoms with Crippen molar-refractivity contribution in [2.24, 2.45) is 0 Å². The molecule has 1 aliphatic heterocycles. The van der Waals surface area contributed by atoms with E-state index in [2.05, 4.69) is 16.4 Å². The number of ether oxygens (including phenoxy) is 1. The van der Waals surface area contributed by atoms with Crippen molar-refractivity contribution in [1.29, 1.82) is 0 Å². The van der Waals surface area contributed by atoms with Gasteiger partial charge in [-0.05, 0) is 49.9 Å². The number of halogens is 1. The highest BCUT2D eigenvalue weighted by Gasteiger charge is 2.27. The predicted octanol–water partition coefficient (Wildman–Crippen LogP) is 3.36. The first kappa shape index (κ1) is 22.2. The molecule has 0 radical (unpaired) electrons. The molecule has 2 heterocycles. The maximum atomic E-state index is 13.0. The Hall–Kier alpha value is -1.97. The lowest BCUT2D eigenvalue weighted by atomic mass is 10.2. The van der Waals surface area contributed by atoms with Gasteiger partial charge in [0, 0.05) is 31.2 Å². The van der Waals surface area contributed by atoms with Crippen LogP contribution in [0.15, 0.2) is 47.4 Å². The molecule has 1 fully saturated rings. The molecule has 0 atom stereocenters. The highest BCUT2D eigenvalue weighted by Crippen LogP contribution is 2.24. The summed E-state index contributed by atoms with van der Waals surface area (Å²) in [5.74, 6) is 0.906. The molecule has 0 spiro atoms. The van der Waals surface area contributed by atoms with E-state index in [0.717, 1.165) is 35.0 Å². The average molecular weight is 463 g/mol. The van der Waals surface area contributed by atoms with Crippen LogP contribution in [-0.2, 0) is 34.4 Å². The summed E-state index contributed by atoms with van der Waals surface area (Å²) in [5.41, 5.74) is 2.77. The van der Waals surface area contributed by atoms with Gasteiger partial charge in [0.2, 0.25) is 10.0 Å². The Morgan fingerprint density at radius 2 is 1.90 bits per heavy atom. The third-order valence-electron chi connectivity index (χ3n) is 5.48. The zero-order valence-corrected chi connectivity index (χ0v) is 19.4. The van der Waals surface area contributed by atoms with Crippen LogP contribution in [-0.4, -0.2) is 60.5 Å². The van der Waals surface area contributed by atoms with Crippen molar-refractivity contribution in [3.8, 4) is 0 Å². The third kappa shape index (κ3) is 4.78. The molecule has 3 aromatic rings. The van der Waals surface area contributed by atoms with E-state index in [9.17, 15) is 8.42 Å². The molecular formula is C22H27ClN4O3S. The lowest BCUT2D eigenvalue weighted by Crippen LogP contribution is -2.40. The minimum absolute atomic E-state index is 0.279. The number of rotatable bonds is 7. The molecular weight excluding hydrogens is 436 g/mol. The van der Waals surface area contributed by atoms with Gasteiger partial charge in [-0.15, -0.1) is 0 Å². The van der Waals surface area contributed by atoms with E-state index < -0.39 is 10.0 Å². The fourth-order valence-electron chi connectivity index (χ4n) is 3.97. The van der Waals surface area contributed by atoms with Gasteiger partial charge in [0.1, 0.15) is 5.82 Å². The minimum atomic E-state index is -3.55. The number of morpholine rings is 1. The van der Waals surface area contributed by atoms with E-state index in [1.165, 1.54) is 4.31 Å². The molecule has 1 aliphatic rings. The molecule has 0 N–H and O–H groups in total. The maximum absolute atomic E-state index is 13.0. The fraction of sp³-hybridized carbons (Fsp3) is 0.409. The highest BCUT2D eigenvalue weighted by atomic mass is 35.5. The number of nitrogens with zero attached hydrogens (tertiary/aromatic N) is 4. The lowest BCUT2D eigenvalue weighted by molar-refractivity contribution is 0.0730. The largest absolute Gasteiger partial charge is 0.379 e. The first-order valence-electron chi connectivity index (χ1n) is 10.4. The van der Waals surface area contributed by atoms with E-state index in [-0.39, 0.29) is 4.90 Å². The smallest absolute Gasteiger partial charge is 0.243 e. The highest BCUT2D eigenvalue weighted by molar-refractivity contribution is 7.89. The SMILES string of the molecule is CCn1c(CN(C)Cc2cccc(Cl)c2)nc2cc(S(=O)(=O)N3CCOCC3)ccc21. The van der Waals surface area contributed by atoms with Crippen LogP contribution in [0.2, 0.25) is 5.02 Å². The Morgan fingerprint density at radius 3 is 2.61 bits per heavy atom. The van der Waals surface area contributed by atoms with Gasteiger partial charge in [0.05, 0.1) is 35.7 Å². The summed E-state index contributed by atoms with van der Waals surface area (Å²) in [5, 5.41) is 0.723. The number of aryl methyl sites for hydroxylation is 1. The van der Waals surface area contributed by atoms with Crippen LogP contribution in [0, 0.1) is 0 Å². The molecule has 0 aliphatic carbocycles. The van der Waals surface area contributed by atoms with Crippen LogP contribution in [0.3, 0.4) is 0 Å². The molecule has 166 valence electrons. The van der Waals surface area contributed by atoms with Crippen molar-refractivity contribution in [3.05, 3.63) is 58.9 Å². The first-order valence-corrected chi connectivity index (χ1v) is 12.2. The van der Waals surface area contributed by atoms with Crippen molar-refractivity contribution in [1.82, 2.24) is 18.8 Å². The van der Waals surface area contributed by atoms with Crippen LogP contribution >= 0.6 is 11.6 Å². The van der Waals surface area contributed by atoms with Gasteiger partial charge in [-0.25, -0.2) is 13.4 Å². The number of fused-ring (bicyclic) bond motifs is 1. The van der Waals surface area contributed by atoms with Crippen molar-refractivity contribution >= 4 is 32.7 Å². The van der Waals surface area contributed by atoms with Gasteiger partial charge < -0.3 is 9.30 Å². The van der Waals surface area contributed by atoms with Crippen molar-refractivity contribution in [2.45, 2.75) is 31.5 Å². The van der Waals surface area contributed by atoms with Gasteiger partial charge in [-0.2, -0.15) is 4.31 Å². The van der Waals surface area contributed by atoms with Crippen LogP contribution in [0.1, 0.15) is 18.3 Å². The summed E-state index contributed by atoms with van der Waals surface area (Å²) in [6.45, 7) is 5.81. The predicted molar refractivity (Wildman–Crippen MR) is 122 cm³/mol. The van der Waals surface area contributed by atoms with E-state index in [1.807, 2.05) is 37.4 Å². The van der Waals surface area contributed by atoms with Gasteiger partial charge in [0.25, 0.3) is 0 Å². The average Bonchev–Trinajstić information content (AvgIpc) is 3.10. The molecule has 0 amide bonds. The van der Waals surface area contributed by atoms with Crippen LogP contribution in [0.5, 0.6) is 0 Å². The number of aromatic nitrogens is 2. The molecule has 1 saturated heterocycles. The Kier molecular flexibility index (Phi) is 6.64.